The van der Waals surface area contributed by atoms with Crippen LogP contribution in [0.5, 0.6) is 5.75 Å². The molecule has 0 aliphatic rings. The maximum absolute atomic E-state index is 12.3. The second-order valence-corrected chi connectivity index (χ2v) is 7.17. The molecule has 1 atom stereocenters. The molecule has 1 amide bonds. The second kappa shape index (κ2) is 9.38. The van der Waals surface area contributed by atoms with Crippen LogP contribution in [0.15, 0.2) is 59.5 Å². The van der Waals surface area contributed by atoms with Crippen LogP contribution in [0.25, 0.3) is 0 Å². The lowest BCUT2D eigenvalue weighted by Crippen LogP contribution is -2.30. The van der Waals surface area contributed by atoms with Crippen molar-refractivity contribution < 1.29 is 9.53 Å². The Balaban J connectivity index is 1.97. The Labute approximate surface area is 148 Å². The van der Waals surface area contributed by atoms with Crippen LogP contribution < -0.4 is 10.1 Å². The van der Waals surface area contributed by atoms with Gasteiger partial charge in [0.15, 0.2) is 0 Å². The number of hydrogen-bond acceptors (Lipinski definition) is 3. The number of rotatable bonds is 8. The lowest BCUT2D eigenvalue weighted by Gasteiger charge is -2.21. The van der Waals surface area contributed by atoms with Gasteiger partial charge in [0.1, 0.15) is 5.75 Å². The van der Waals surface area contributed by atoms with E-state index in [9.17, 15) is 4.79 Å². The van der Waals surface area contributed by atoms with Gasteiger partial charge in [-0.15, -0.1) is 11.8 Å². The lowest BCUT2D eigenvalue weighted by molar-refractivity contribution is -0.119. The third-order valence-electron chi connectivity index (χ3n) is 3.67. The van der Waals surface area contributed by atoms with Gasteiger partial charge in [-0.25, -0.2) is 0 Å². The summed E-state index contributed by atoms with van der Waals surface area (Å²) in [6.45, 7) is 4.34. The molecule has 2 aromatic carbocycles. The van der Waals surface area contributed by atoms with Crippen LogP contribution in [-0.4, -0.2) is 18.8 Å². The zero-order chi connectivity index (χ0) is 17.4. The molecule has 24 heavy (non-hydrogen) atoms. The molecular weight excluding hydrogens is 318 g/mol. The maximum atomic E-state index is 12.3. The summed E-state index contributed by atoms with van der Waals surface area (Å²) in [6.07, 6.45) is 0.911. The quantitative estimate of drug-likeness (QED) is 0.707. The number of amides is 1. The van der Waals surface area contributed by atoms with Crippen molar-refractivity contribution in [2.45, 2.75) is 31.2 Å². The van der Waals surface area contributed by atoms with E-state index in [4.69, 9.17) is 4.74 Å². The Morgan fingerprint density at radius 2 is 1.75 bits per heavy atom. The minimum Gasteiger partial charge on any atom is -0.497 e. The van der Waals surface area contributed by atoms with Crippen molar-refractivity contribution in [3.8, 4) is 5.75 Å². The summed E-state index contributed by atoms with van der Waals surface area (Å²) in [7, 11) is 1.66. The third-order valence-corrected chi connectivity index (χ3v) is 4.69. The number of methoxy groups -OCH3 is 1. The molecule has 0 saturated heterocycles. The van der Waals surface area contributed by atoms with Crippen molar-refractivity contribution in [1.82, 2.24) is 5.32 Å². The second-order valence-electron chi connectivity index (χ2n) is 6.12. The van der Waals surface area contributed by atoms with Gasteiger partial charge in [-0.05, 0) is 42.2 Å². The Morgan fingerprint density at radius 3 is 2.33 bits per heavy atom. The highest BCUT2D eigenvalue weighted by Crippen LogP contribution is 2.24. The van der Waals surface area contributed by atoms with Gasteiger partial charge in [0.25, 0.3) is 0 Å². The fourth-order valence-corrected chi connectivity index (χ4v) is 3.22. The third kappa shape index (κ3) is 5.93. The monoisotopic (exact) mass is 343 g/mol. The Bertz CT molecular complexity index is 626. The molecular formula is C20H25NO2S. The van der Waals surface area contributed by atoms with Gasteiger partial charge in [-0.1, -0.05) is 44.2 Å². The van der Waals surface area contributed by atoms with E-state index in [0.29, 0.717) is 11.7 Å². The molecule has 2 aromatic rings. The van der Waals surface area contributed by atoms with E-state index >= 15 is 0 Å². The molecule has 0 heterocycles. The maximum Gasteiger partial charge on any atom is 0.230 e. The first-order valence-corrected chi connectivity index (χ1v) is 9.18. The Kier molecular flexibility index (Phi) is 7.19. The Hall–Kier alpha value is -1.94. The van der Waals surface area contributed by atoms with E-state index in [0.717, 1.165) is 22.6 Å². The van der Waals surface area contributed by atoms with Gasteiger partial charge in [-0.2, -0.15) is 0 Å². The first kappa shape index (κ1) is 18.4. The average Bonchev–Trinajstić information content (AvgIpc) is 2.60. The Morgan fingerprint density at radius 1 is 1.08 bits per heavy atom. The molecule has 3 nitrogen and oxygen atoms in total. The van der Waals surface area contributed by atoms with E-state index < -0.39 is 0 Å². The first-order valence-electron chi connectivity index (χ1n) is 8.19. The van der Waals surface area contributed by atoms with Gasteiger partial charge in [0.05, 0.1) is 18.9 Å². The molecule has 128 valence electrons. The van der Waals surface area contributed by atoms with Crippen LogP contribution in [0.1, 0.15) is 31.9 Å². The van der Waals surface area contributed by atoms with Crippen molar-refractivity contribution in [2.24, 2.45) is 5.92 Å². The molecule has 0 aliphatic carbocycles. The highest BCUT2D eigenvalue weighted by Gasteiger charge is 2.16. The predicted molar refractivity (Wildman–Crippen MR) is 100 cm³/mol. The van der Waals surface area contributed by atoms with Crippen molar-refractivity contribution >= 4 is 17.7 Å². The molecule has 0 saturated carbocycles. The summed E-state index contributed by atoms with van der Waals surface area (Å²) in [5.41, 5.74) is 1.11. The van der Waals surface area contributed by atoms with Gasteiger partial charge in [0.2, 0.25) is 5.91 Å². The van der Waals surface area contributed by atoms with Crippen LogP contribution in [0.3, 0.4) is 0 Å². The molecule has 4 heteroatoms. The summed E-state index contributed by atoms with van der Waals surface area (Å²) >= 11 is 1.56. The SMILES string of the molecule is COc1ccc([C@@H](CC(C)C)NC(=O)CSc2ccccc2)cc1. The summed E-state index contributed by atoms with van der Waals surface area (Å²) in [5.74, 6) is 1.81. The first-order chi connectivity index (χ1) is 11.6. The number of ether oxygens (including phenoxy) is 1. The molecule has 2 rings (SSSR count). The van der Waals surface area contributed by atoms with Gasteiger partial charge >= 0.3 is 0 Å². The van der Waals surface area contributed by atoms with Gasteiger partial charge in [0, 0.05) is 4.90 Å². The average molecular weight is 343 g/mol. The zero-order valence-electron chi connectivity index (χ0n) is 14.5. The summed E-state index contributed by atoms with van der Waals surface area (Å²) in [6, 6.07) is 17.9. The molecule has 0 aliphatic heterocycles. The van der Waals surface area contributed by atoms with Crippen molar-refractivity contribution in [2.75, 3.05) is 12.9 Å². The van der Waals surface area contributed by atoms with Crippen molar-refractivity contribution in [3.63, 3.8) is 0 Å². The molecule has 0 radical (unpaired) electrons. The molecule has 0 spiro atoms. The van der Waals surface area contributed by atoms with E-state index in [1.54, 1.807) is 18.9 Å². The molecule has 0 unspecified atom stereocenters. The smallest absolute Gasteiger partial charge is 0.230 e. The van der Waals surface area contributed by atoms with E-state index in [2.05, 4.69) is 19.2 Å². The van der Waals surface area contributed by atoms with Gasteiger partial charge < -0.3 is 10.1 Å². The fraction of sp³-hybridized carbons (Fsp3) is 0.350. The molecule has 0 bridgehead atoms. The standard InChI is InChI=1S/C20H25NO2S/c1-15(2)13-19(16-9-11-17(23-3)12-10-16)21-20(22)14-24-18-7-5-4-6-8-18/h4-12,15,19H,13-14H2,1-3H3,(H,21,22)/t19-/m1/s1. The lowest BCUT2D eigenvalue weighted by atomic mass is 9.97. The number of carbonyl (C=O) groups is 1. The summed E-state index contributed by atoms with van der Waals surface area (Å²) < 4.78 is 5.21. The van der Waals surface area contributed by atoms with Crippen molar-refractivity contribution in [3.05, 3.63) is 60.2 Å². The minimum absolute atomic E-state index is 0.0276. The van der Waals surface area contributed by atoms with Gasteiger partial charge in [-0.3, -0.25) is 4.79 Å². The summed E-state index contributed by atoms with van der Waals surface area (Å²) in [4.78, 5) is 13.5. The molecule has 0 fully saturated rings. The van der Waals surface area contributed by atoms with E-state index in [1.807, 2.05) is 54.6 Å². The number of thioether (sulfide) groups is 1. The number of nitrogens with one attached hydrogen (secondary N) is 1. The topological polar surface area (TPSA) is 38.3 Å². The van der Waals surface area contributed by atoms with E-state index in [1.165, 1.54) is 0 Å². The zero-order valence-corrected chi connectivity index (χ0v) is 15.3. The van der Waals surface area contributed by atoms with Crippen LogP contribution in [-0.2, 0) is 4.79 Å². The van der Waals surface area contributed by atoms with Crippen molar-refractivity contribution in [1.29, 1.82) is 0 Å². The number of benzene rings is 2. The van der Waals surface area contributed by atoms with Crippen LogP contribution in [0.2, 0.25) is 0 Å². The fourth-order valence-electron chi connectivity index (χ4n) is 2.49. The number of hydrogen-bond donors (Lipinski definition) is 1. The molecule has 1 N–H and O–H groups in total. The normalized spacial score (nSPS) is 12.0. The van der Waals surface area contributed by atoms with E-state index in [-0.39, 0.29) is 11.9 Å². The largest absolute Gasteiger partial charge is 0.497 e. The number of carbonyl (C=O) groups excluding carboxylic acids is 1. The highest BCUT2D eigenvalue weighted by molar-refractivity contribution is 8.00. The highest BCUT2D eigenvalue weighted by atomic mass is 32.2. The van der Waals surface area contributed by atoms with Crippen LogP contribution in [0, 0.1) is 5.92 Å². The van der Waals surface area contributed by atoms with Crippen LogP contribution >= 0.6 is 11.8 Å². The summed E-state index contributed by atoms with van der Waals surface area (Å²) in [5, 5.41) is 3.17. The minimum atomic E-state index is 0.0276. The van der Waals surface area contributed by atoms with Crippen LogP contribution in [0.4, 0.5) is 0 Å². The predicted octanol–water partition coefficient (Wildman–Crippen LogP) is 4.69. The molecule has 0 aromatic heterocycles.